The van der Waals surface area contributed by atoms with Crippen molar-refractivity contribution < 1.29 is 9.53 Å². The van der Waals surface area contributed by atoms with Crippen molar-refractivity contribution in [2.45, 2.75) is 39.2 Å². The molecule has 1 saturated carbocycles. The molecule has 0 amide bonds. The number of carbonyl (C=O) groups is 1. The number of fused-ring (bicyclic) bond motifs is 1. The molecule has 3 heteroatoms. The Labute approximate surface area is 127 Å². The van der Waals surface area contributed by atoms with E-state index in [-0.39, 0.29) is 5.41 Å². The number of rotatable bonds is 3. The lowest BCUT2D eigenvalue weighted by Gasteiger charge is -2.38. The Kier molecular flexibility index (Phi) is 4.29. The SMILES string of the molecule is CC1CCC(C=O)(CN2CCOc3ccccc3C2)CC1. The second-order valence-electron chi connectivity index (χ2n) is 6.83. The lowest BCUT2D eigenvalue weighted by molar-refractivity contribution is -0.119. The van der Waals surface area contributed by atoms with Gasteiger partial charge >= 0.3 is 0 Å². The van der Waals surface area contributed by atoms with Gasteiger partial charge in [-0.25, -0.2) is 0 Å². The number of hydrogen-bond donors (Lipinski definition) is 0. The zero-order valence-corrected chi connectivity index (χ0v) is 12.9. The van der Waals surface area contributed by atoms with Gasteiger partial charge in [-0.2, -0.15) is 0 Å². The second-order valence-corrected chi connectivity index (χ2v) is 6.83. The third kappa shape index (κ3) is 3.29. The van der Waals surface area contributed by atoms with E-state index in [1.54, 1.807) is 0 Å². The molecule has 114 valence electrons. The van der Waals surface area contributed by atoms with E-state index < -0.39 is 0 Å². The lowest BCUT2D eigenvalue weighted by atomic mass is 9.71. The van der Waals surface area contributed by atoms with Gasteiger partial charge < -0.3 is 9.53 Å². The largest absolute Gasteiger partial charge is 0.492 e. The van der Waals surface area contributed by atoms with E-state index in [1.807, 2.05) is 12.1 Å². The van der Waals surface area contributed by atoms with E-state index >= 15 is 0 Å². The average molecular weight is 287 g/mol. The zero-order chi connectivity index (χ0) is 14.7. The Morgan fingerprint density at radius 2 is 2.10 bits per heavy atom. The standard InChI is InChI=1S/C18H25NO2/c1-15-6-8-18(14-20,9-7-15)13-19-10-11-21-17-5-3-2-4-16(17)12-19/h2-5,14-15H,6-13H2,1H3. The molecule has 0 saturated heterocycles. The molecule has 1 heterocycles. The predicted octanol–water partition coefficient (Wildman–Crippen LogP) is 3.28. The Hall–Kier alpha value is -1.35. The molecule has 1 aromatic rings. The van der Waals surface area contributed by atoms with Crippen molar-refractivity contribution in [2.24, 2.45) is 11.3 Å². The van der Waals surface area contributed by atoms with Crippen LogP contribution in [0.4, 0.5) is 0 Å². The van der Waals surface area contributed by atoms with Crippen molar-refractivity contribution in [3.05, 3.63) is 29.8 Å². The Morgan fingerprint density at radius 3 is 2.86 bits per heavy atom. The van der Waals surface area contributed by atoms with Gasteiger partial charge in [0.2, 0.25) is 0 Å². The number of benzene rings is 1. The van der Waals surface area contributed by atoms with Crippen LogP contribution in [0.5, 0.6) is 5.75 Å². The maximum Gasteiger partial charge on any atom is 0.127 e. The van der Waals surface area contributed by atoms with Gasteiger partial charge in [0, 0.05) is 30.6 Å². The van der Waals surface area contributed by atoms with Gasteiger partial charge in [-0.05, 0) is 37.7 Å². The summed E-state index contributed by atoms with van der Waals surface area (Å²) in [7, 11) is 0. The summed E-state index contributed by atoms with van der Waals surface area (Å²) in [5.41, 5.74) is 1.10. The van der Waals surface area contributed by atoms with Gasteiger partial charge in [-0.1, -0.05) is 25.1 Å². The molecule has 0 bridgehead atoms. The van der Waals surface area contributed by atoms with Crippen molar-refractivity contribution in [1.29, 1.82) is 0 Å². The first-order valence-electron chi connectivity index (χ1n) is 8.10. The van der Waals surface area contributed by atoms with Gasteiger partial charge in [-0.3, -0.25) is 4.90 Å². The number of hydrogen-bond acceptors (Lipinski definition) is 3. The molecule has 2 aliphatic rings. The van der Waals surface area contributed by atoms with Crippen molar-refractivity contribution in [3.63, 3.8) is 0 Å². The van der Waals surface area contributed by atoms with Crippen LogP contribution in [-0.2, 0) is 11.3 Å². The summed E-state index contributed by atoms with van der Waals surface area (Å²) in [6.07, 6.45) is 5.67. The Balaban J connectivity index is 1.71. The van der Waals surface area contributed by atoms with Crippen LogP contribution >= 0.6 is 0 Å². The maximum atomic E-state index is 11.7. The van der Waals surface area contributed by atoms with E-state index in [4.69, 9.17) is 4.74 Å². The normalized spacial score (nSPS) is 30.0. The highest BCUT2D eigenvalue weighted by molar-refractivity contribution is 5.60. The van der Waals surface area contributed by atoms with Crippen molar-refractivity contribution >= 4 is 6.29 Å². The molecule has 0 radical (unpaired) electrons. The minimum atomic E-state index is -0.133. The van der Waals surface area contributed by atoms with Crippen LogP contribution in [0.15, 0.2) is 24.3 Å². The number of aldehydes is 1. The summed E-state index contributed by atoms with van der Waals surface area (Å²) in [5.74, 6) is 1.77. The van der Waals surface area contributed by atoms with Crippen LogP contribution in [0, 0.1) is 11.3 Å². The fourth-order valence-electron chi connectivity index (χ4n) is 3.61. The highest BCUT2D eigenvalue weighted by Gasteiger charge is 2.36. The summed E-state index contributed by atoms with van der Waals surface area (Å²) in [5, 5.41) is 0. The van der Waals surface area contributed by atoms with Crippen LogP contribution in [0.25, 0.3) is 0 Å². The van der Waals surface area contributed by atoms with Gasteiger partial charge in [0.15, 0.2) is 0 Å². The fraction of sp³-hybridized carbons (Fsp3) is 0.611. The first-order valence-corrected chi connectivity index (χ1v) is 8.10. The van der Waals surface area contributed by atoms with Gasteiger partial charge in [0.1, 0.15) is 18.6 Å². The van der Waals surface area contributed by atoms with Gasteiger partial charge in [0.25, 0.3) is 0 Å². The summed E-state index contributed by atoms with van der Waals surface area (Å²) in [4.78, 5) is 14.1. The van der Waals surface area contributed by atoms with Crippen molar-refractivity contribution in [1.82, 2.24) is 4.90 Å². The van der Waals surface area contributed by atoms with Crippen LogP contribution in [0.3, 0.4) is 0 Å². The topological polar surface area (TPSA) is 29.5 Å². The summed E-state index contributed by atoms with van der Waals surface area (Å²) in [6, 6.07) is 8.24. The Morgan fingerprint density at radius 1 is 1.33 bits per heavy atom. The monoisotopic (exact) mass is 287 g/mol. The van der Waals surface area contributed by atoms with Crippen LogP contribution in [-0.4, -0.2) is 30.9 Å². The molecule has 3 rings (SSSR count). The summed E-state index contributed by atoms with van der Waals surface area (Å²) in [6.45, 7) is 5.68. The highest BCUT2D eigenvalue weighted by Crippen LogP contribution is 2.38. The first kappa shape index (κ1) is 14.6. The van der Waals surface area contributed by atoms with Crippen molar-refractivity contribution in [3.8, 4) is 5.75 Å². The quantitative estimate of drug-likeness (QED) is 0.799. The summed E-state index contributed by atoms with van der Waals surface area (Å²) < 4.78 is 5.82. The van der Waals surface area contributed by atoms with E-state index in [2.05, 4.69) is 24.0 Å². The predicted molar refractivity (Wildman–Crippen MR) is 83.3 cm³/mol. The van der Waals surface area contributed by atoms with E-state index in [9.17, 15) is 4.79 Å². The zero-order valence-electron chi connectivity index (χ0n) is 12.9. The third-order valence-corrected chi connectivity index (χ3v) is 5.09. The molecule has 0 aromatic heterocycles. The molecule has 0 unspecified atom stereocenters. The molecule has 0 spiro atoms. The Bertz CT molecular complexity index is 492. The molecule has 0 atom stereocenters. The molecular formula is C18H25NO2. The number of carbonyl (C=O) groups excluding carboxylic acids is 1. The molecule has 1 aromatic carbocycles. The van der Waals surface area contributed by atoms with Crippen LogP contribution in [0.2, 0.25) is 0 Å². The van der Waals surface area contributed by atoms with Crippen molar-refractivity contribution in [2.75, 3.05) is 19.7 Å². The lowest BCUT2D eigenvalue weighted by Crippen LogP contribution is -2.41. The molecular weight excluding hydrogens is 262 g/mol. The number of ether oxygens (including phenoxy) is 1. The van der Waals surface area contributed by atoms with Gasteiger partial charge in [0.05, 0.1) is 0 Å². The first-order chi connectivity index (χ1) is 10.2. The minimum Gasteiger partial charge on any atom is -0.492 e. The van der Waals surface area contributed by atoms with E-state index in [0.717, 1.165) is 44.1 Å². The second kappa shape index (κ2) is 6.18. The highest BCUT2D eigenvalue weighted by atomic mass is 16.5. The number of nitrogens with zero attached hydrogens (tertiary/aromatic N) is 1. The minimum absolute atomic E-state index is 0.133. The smallest absolute Gasteiger partial charge is 0.127 e. The van der Waals surface area contributed by atoms with Crippen LogP contribution < -0.4 is 4.74 Å². The van der Waals surface area contributed by atoms with E-state index in [0.29, 0.717) is 6.61 Å². The third-order valence-electron chi connectivity index (χ3n) is 5.09. The van der Waals surface area contributed by atoms with E-state index in [1.165, 1.54) is 24.7 Å². The maximum absolute atomic E-state index is 11.7. The molecule has 1 fully saturated rings. The summed E-state index contributed by atoms with van der Waals surface area (Å²) >= 11 is 0. The number of para-hydroxylation sites is 1. The molecule has 1 aliphatic heterocycles. The molecule has 0 N–H and O–H groups in total. The fourth-order valence-corrected chi connectivity index (χ4v) is 3.61. The molecule has 3 nitrogen and oxygen atoms in total. The molecule has 1 aliphatic carbocycles. The van der Waals surface area contributed by atoms with Crippen LogP contribution in [0.1, 0.15) is 38.2 Å². The molecule has 21 heavy (non-hydrogen) atoms. The van der Waals surface area contributed by atoms with Gasteiger partial charge in [-0.15, -0.1) is 0 Å². The average Bonchev–Trinajstić information content (AvgIpc) is 2.71.